The van der Waals surface area contributed by atoms with Gasteiger partial charge in [-0.15, -0.1) is 0 Å². The Hall–Kier alpha value is -3.18. The zero-order valence-corrected chi connectivity index (χ0v) is 17.5. The molecule has 0 spiro atoms. The average molecular weight is 446 g/mol. The van der Waals surface area contributed by atoms with Crippen LogP contribution in [0, 0.1) is 0 Å². The summed E-state index contributed by atoms with van der Waals surface area (Å²) >= 11 is 3.43. The van der Waals surface area contributed by atoms with Gasteiger partial charge in [-0.1, -0.05) is 70.5 Å². The average Bonchev–Trinajstić information content (AvgIpc) is 3.25. The third-order valence-corrected chi connectivity index (χ3v) is 5.35. The van der Waals surface area contributed by atoms with Crippen LogP contribution in [0.1, 0.15) is 28.9 Å². The molecule has 3 aromatic carbocycles. The number of aromatic amines is 1. The van der Waals surface area contributed by atoms with Crippen LogP contribution in [-0.2, 0) is 0 Å². The first-order valence-corrected chi connectivity index (χ1v) is 10.2. The smallest absolute Gasteiger partial charge is 0.251 e. The van der Waals surface area contributed by atoms with E-state index in [9.17, 15) is 4.79 Å². The van der Waals surface area contributed by atoms with Gasteiger partial charge in [-0.05, 0) is 48.4 Å². The number of rotatable bonds is 5. The van der Waals surface area contributed by atoms with Gasteiger partial charge in [0.25, 0.3) is 5.91 Å². The first-order chi connectivity index (χ1) is 14.1. The number of amides is 1. The van der Waals surface area contributed by atoms with Crippen LogP contribution in [0.25, 0.3) is 22.5 Å². The molecule has 4 nitrogen and oxygen atoms in total. The molecule has 1 amide bonds. The molecule has 1 aromatic heterocycles. The summed E-state index contributed by atoms with van der Waals surface area (Å²) < 4.78 is 1.02. The fourth-order valence-electron chi connectivity index (χ4n) is 3.14. The van der Waals surface area contributed by atoms with Crippen LogP contribution in [0.4, 0.5) is 0 Å². The Bertz CT molecular complexity index is 1100. The number of carbonyl (C=O) groups excluding carboxylic acids is 1. The van der Waals surface area contributed by atoms with Crippen LogP contribution in [0.3, 0.4) is 0 Å². The monoisotopic (exact) mass is 445 g/mol. The van der Waals surface area contributed by atoms with Crippen molar-refractivity contribution in [2.75, 3.05) is 0 Å². The lowest BCUT2D eigenvalue weighted by atomic mass is 10.1. The van der Waals surface area contributed by atoms with Gasteiger partial charge in [0.05, 0.1) is 17.4 Å². The summed E-state index contributed by atoms with van der Waals surface area (Å²) in [6.45, 7) is 1.98. The molecule has 4 rings (SSSR count). The Morgan fingerprint density at radius 3 is 2.31 bits per heavy atom. The molecule has 144 valence electrons. The Balaban J connectivity index is 1.45. The fraction of sp³-hybridized carbons (Fsp3) is 0.0833. The number of hydrogen-bond acceptors (Lipinski definition) is 2. The van der Waals surface area contributed by atoms with Crippen molar-refractivity contribution in [2.24, 2.45) is 0 Å². The van der Waals surface area contributed by atoms with Crippen molar-refractivity contribution in [1.82, 2.24) is 15.5 Å². The maximum absolute atomic E-state index is 12.6. The summed E-state index contributed by atoms with van der Waals surface area (Å²) in [6, 6.07) is 27.4. The van der Waals surface area contributed by atoms with Gasteiger partial charge < -0.3 is 5.32 Å². The minimum Gasteiger partial charge on any atom is -0.346 e. The minimum atomic E-state index is -0.0958. The SMILES string of the molecule is C[C@@H](NC(=O)c1ccc(-c2cc(-c3ccccc3)n[nH]2)cc1)c1ccc(Br)cc1. The van der Waals surface area contributed by atoms with Crippen molar-refractivity contribution >= 4 is 21.8 Å². The van der Waals surface area contributed by atoms with Gasteiger partial charge in [-0.25, -0.2) is 0 Å². The molecule has 2 N–H and O–H groups in total. The van der Waals surface area contributed by atoms with Crippen LogP contribution >= 0.6 is 15.9 Å². The highest BCUT2D eigenvalue weighted by molar-refractivity contribution is 9.10. The van der Waals surface area contributed by atoms with E-state index in [1.165, 1.54) is 0 Å². The highest BCUT2D eigenvalue weighted by atomic mass is 79.9. The van der Waals surface area contributed by atoms with E-state index in [0.717, 1.165) is 32.6 Å². The van der Waals surface area contributed by atoms with Crippen molar-refractivity contribution in [3.05, 3.63) is 101 Å². The third-order valence-electron chi connectivity index (χ3n) is 4.82. The highest BCUT2D eigenvalue weighted by Crippen LogP contribution is 2.24. The van der Waals surface area contributed by atoms with Crippen molar-refractivity contribution in [3.8, 4) is 22.5 Å². The largest absolute Gasteiger partial charge is 0.346 e. The van der Waals surface area contributed by atoms with E-state index in [-0.39, 0.29) is 11.9 Å². The number of benzene rings is 3. The van der Waals surface area contributed by atoms with E-state index >= 15 is 0 Å². The quantitative estimate of drug-likeness (QED) is 0.395. The highest BCUT2D eigenvalue weighted by Gasteiger charge is 2.12. The van der Waals surface area contributed by atoms with E-state index in [1.807, 2.05) is 91.9 Å². The number of aromatic nitrogens is 2. The lowest BCUT2D eigenvalue weighted by molar-refractivity contribution is 0.0940. The molecule has 0 saturated carbocycles. The van der Waals surface area contributed by atoms with E-state index in [4.69, 9.17) is 0 Å². The van der Waals surface area contributed by atoms with Crippen LogP contribution in [0.15, 0.2) is 89.4 Å². The van der Waals surface area contributed by atoms with E-state index in [1.54, 1.807) is 0 Å². The maximum atomic E-state index is 12.6. The second-order valence-corrected chi connectivity index (χ2v) is 7.77. The van der Waals surface area contributed by atoms with Gasteiger partial charge in [0.1, 0.15) is 0 Å². The van der Waals surface area contributed by atoms with E-state index in [2.05, 4.69) is 31.4 Å². The lowest BCUT2D eigenvalue weighted by Gasteiger charge is -2.14. The molecular weight excluding hydrogens is 426 g/mol. The number of halogens is 1. The predicted octanol–water partition coefficient (Wildman–Crippen LogP) is 6.00. The summed E-state index contributed by atoms with van der Waals surface area (Å²) in [4.78, 5) is 12.6. The summed E-state index contributed by atoms with van der Waals surface area (Å²) in [7, 11) is 0. The minimum absolute atomic E-state index is 0.0729. The Labute approximate surface area is 178 Å². The second-order valence-electron chi connectivity index (χ2n) is 6.86. The van der Waals surface area contributed by atoms with Crippen molar-refractivity contribution in [1.29, 1.82) is 0 Å². The normalized spacial score (nSPS) is 11.8. The summed E-state index contributed by atoms with van der Waals surface area (Å²) in [5.41, 5.74) is 5.54. The van der Waals surface area contributed by atoms with Gasteiger partial charge in [0.2, 0.25) is 0 Å². The molecule has 5 heteroatoms. The number of nitrogens with zero attached hydrogens (tertiary/aromatic N) is 1. The Morgan fingerprint density at radius 2 is 1.62 bits per heavy atom. The van der Waals surface area contributed by atoms with Gasteiger partial charge in [0, 0.05) is 15.6 Å². The molecule has 29 heavy (non-hydrogen) atoms. The molecule has 0 aliphatic heterocycles. The first-order valence-electron chi connectivity index (χ1n) is 9.38. The van der Waals surface area contributed by atoms with Gasteiger partial charge in [-0.2, -0.15) is 5.10 Å². The fourth-order valence-corrected chi connectivity index (χ4v) is 3.41. The standard InChI is InChI=1S/C24H20BrN3O/c1-16(17-11-13-21(25)14-12-17)26-24(29)20-9-7-19(8-10-20)23-15-22(27-28-23)18-5-3-2-4-6-18/h2-16H,1H3,(H,26,29)(H,27,28)/t16-/m1/s1. The van der Waals surface area contributed by atoms with Gasteiger partial charge >= 0.3 is 0 Å². The second kappa shape index (κ2) is 8.45. The first kappa shape index (κ1) is 19.2. The third kappa shape index (κ3) is 4.46. The van der Waals surface area contributed by atoms with Crippen molar-refractivity contribution in [2.45, 2.75) is 13.0 Å². The number of nitrogens with one attached hydrogen (secondary N) is 2. The Kier molecular flexibility index (Phi) is 5.58. The lowest BCUT2D eigenvalue weighted by Crippen LogP contribution is -2.26. The zero-order valence-electron chi connectivity index (χ0n) is 15.9. The van der Waals surface area contributed by atoms with Crippen LogP contribution in [0.5, 0.6) is 0 Å². The molecule has 1 atom stereocenters. The molecule has 4 aromatic rings. The summed E-state index contributed by atoms with van der Waals surface area (Å²) in [5, 5.41) is 10.5. The summed E-state index contributed by atoms with van der Waals surface area (Å²) in [6.07, 6.45) is 0. The van der Waals surface area contributed by atoms with Crippen molar-refractivity contribution in [3.63, 3.8) is 0 Å². The number of carbonyl (C=O) groups is 1. The van der Waals surface area contributed by atoms with Crippen LogP contribution in [0.2, 0.25) is 0 Å². The van der Waals surface area contributed by atoms with Gasteiger partial charge in [-0.3, -0.25) is 9.89 Å². The molecule has 1 heterocycles. The molecule has 0 saturated heterocycles. The molecule has 0 fully saturated rings. The molecular formula is C24H20BrN3O. The van der Waals surface area contributed by atoms with Crippen LogP contribution in [-0.4, -0.2) is 16.1 Å². The van der Waals surface area contributed by atoms with E-state index in [0.29, 0.717) is 5.56 Å². The number of H-pyrrole nitrogens is 1. The van der Waals surface area contributed by atoms with Gasteiger partial charge in [0.15, 0.2) is 0 Å². The zero-order chi connectivity index (χ0) is 20.2. The van der Waals surface area contributed by atoms with Crippen molar-refractivity contribution < 1.29 is 4.79 Å². The molecule has 0 radical (unpaired) electrons. The molecule has 0 bridgehead atoms. The molecule has 0 aliphatic carbocycles. The molecule has 0 aliphatic rings. The van der Waals surface area contributed by atoms with Crippen LogP contribution < -0.4 is 5.32 Å². The Morgan fingerprint density at radius 1 is 0.931 bits per heavy atom. The van der Waals surface area contributed by atoms with E-state index < -0.39 is 0 Å². The molecule has 0 unspecified atom stereocenters. The topological polar surface area (TPSA) is 57.8 Å². The number of hydrogen-bond donors (Lipinski definition) is 2. The maximum Gasteiger partial charge on any atom is 0.251 e. The predicted molar refractivity (Wildman–Crippen MR) is 119 cm³/mol. The summed E-state index contributed by atoms with van der Waals surface area (Å²) in [5.74, 6) is -0.0958.